The Balaban J connectivity index is 1.39. The van der Waals surface area contributed by atoms with E-state index < -0.39 is 23.3 Å². The van der Waals surface area contributed by atoms with Gasteiger partial charge in [0, 0.05) is 25.8 Å². The van der Waals surface area contributed by atoms with Crippen molar-refractivity contribution in [2.24, 2.45) is 5.92 Å². The second-order valence-corrected chi connectivity index (χ2v) is 9.32. The molecule has 7 nitrogen and oxygen atoms in total. The van der Waals surface area contributed by atoms with E-state index in [0.29, 0.717) is 31.5 Å². The maximum absolute atomic E-state index is 13.7. The summed E-state index contributed by atoms with van der Waals surface area (Å²) in [6.45, 7) is 0.912. The number of fused-ring (bicyclic) bond motifs is 1. The molecule has 3 aliphatic rings. The van der Waals surface area contributed by atoms with Gasteiger partial charge in [-0.3, -0.25) is 14.0 Å². The van der Waals surface area contributed by atoms with Crippen molar-refractivity contribution < 1.29 is 27.9 Å². The van der Waals surface area contributed by atoms with Crippen LogP contribution in [0.25, 0.3) is 5.65 Å². The maximum Gasteiger partial charge on any atom is 0.419 e. The lowest BCUT2D eigenvalue weighted by Crippen LogP contribution is -2.54. The zero-order valence-corrected chi connectivity index (χ0v) is 17.9. The summed E-state index contributed by atoms with van der Waals surface area (Å²) in [6.07, 6.45) is -0.485. The molecule has 0 spiro atoms. The van der Waals surface area contributed by atoms with E-state index in [4.69, 9.17) is 11.6 Å². The molecule has 1 saturated heterocycles. The number of rotatable bonds is 4. The second kappa shape index (κ2) is 7.62. The molecule has 32 heavy (non-hydrogen) atoms. The van der Waals surface area contributed by atoms with Crippen LogP contribution in [-0.2, 0) is 11.0 Å². The standard InChI is InChI=1S/C21H22ClF3N4O3/c22-18-17(20(32)28-4-3-27(16(31)10-28)8-11-5-14(30)6-11)26-19-15(21(23,24)25)7-13(9-29(18)19)12-1-2-12/h7,9,11-12,14,30H,1-6,8,10H2. The van der Waals surface area contributed by atoms with Gasteiger partial charge in [0.05, 0.1) is 11.7 Å². The molecule has 5 rings (SSSR count). The molecule has 0 atom stereocenters. The molecule has 2 amide bonds. The molecule has 0 bridgehead atoms. The lowest BCUT2D eigenvalue weighted by molar-refractivity contribution is -0.137. The number of piperazine rings is 1. The number of halogens is 4. The summed E-state index contributed by atoms with van der Waals surface area (Å²) in [5.41, 5.74) is -1.10. The fourth-order valence-corrected chi connectivity index (χ4v) is 4.76. The molecule has 172 valence electrons. The third-order valence-electron chi connectivity index (χ3n) is 6.53. The Hall–Kier alpha value is -2.33. The number of imidazole rings is 1. The Morgan fingerprint density at radius 3 is 2.56 bits per heavy atom. The molecular weight excluding hydrogens is 449 g/mol. The molecule has 2 aromatic rings. The molecule has 1 aliphatic heterocycles. The van der Waals surface area contributed by atoms with Crippen molar-refractivity contribution >= 4 is 29.1 Å². The molecule has 0 radical (unpaired) electrons. The quantitative estimate of drug-likeness (QED) is 0.745. The van der Waals surface area contributed by atoms with Gasteiger partial charge in [0.2, 0.25) is 5.91 Å². The fourth-order valence-electron chi connectivity index (χ4n) is 4.51. The smallest absolute Gasteiger partial charge is 0.393 e. The number of pyridine rings is 1. The summed E-state index contributed by atoms with van der Waals surface area (Å²) in [5, 5.41) is 9.23. The topological polar surface area (TPSA) is 78.2 Å². The van der Waals surface area contributed by atoms with Gasteiger partial charge in [0.25, 0.3) is 5.91 Å². The van der Waals surface area contributed by atoms with Crippen LogP contribution >= 0.6 is 11.6 Å². The second-order valence-electron chi connectivity index (χ2n) is 8.96. The van der Waals surface area contributed by atoms with E-state index in [1.165, 1.54) is 11.1 Å². The molecule has 2 aliphatic carbocycles. The van der Waals surface area contributed by atoms with Crippen LogP contribution in [0, 0.1) is 5.92 Å². The van der Waals surface area contributed by atoms with Crippen LogP contribution in [0.2, 0.25) is 5.15 Å². The summed E-state index contributed by atoms with van der Waals surface area (Å²) in [5.74, 6) is -0.587. The molecule has 11 heteroatoms. The zero-order chi connectivity index (χ0) is 22.8. The van der Waals surface area contributed by atoms with Crippen molar-refractivity contribution in [1.29, 1.82) is 0 Å². The number of nitrogens with zero attached hydrogens (tertiary/aromatic N) is 4. The number of aromatic nitrogens is 2. The van der Waals surface area contributed by atoms with Crippen molar-refractivity contribution in [2.75, 3.05) is 26.2 Å². The summed E-state index contributed by atoms with van der Waals surface area (Å²) in [4.78, 5) is 32.5. The first-order valence-corrected chi connectivity index (χ1v) is 11.0. The van der Waals surface area contributed by atoms with Gasteiger partial charge < -0.3 is 14.9 Å². The molecule has 0 unspecified atom stereocenters. The third kappa shape index (κ3) is 3.83. The largest absolute Gasteiger partial charge is 0.419 e. The van der Waals surface area contributed by atoms with Crippen LogP contribution in [-0.4, -0.2) is 68.4 Å². The van der Waals surface area contributed by atoms with Crippen LogP contribution in [0.5, 0.6) is 0 Å². The molecule has 2 aromatic heterocycles. The maximum atomic E-state index is 13.7. The van der Waals surface area contributed by atoms with Crippen molar-refractivity contribution in [2.45, 2.75) is 43.9 Å². The zero-order valence-electron chi connectivity index (χ0n) is 17.1. The van der Waals surface area contributed by atoms with Gasteiger partial charge >= 0.3 is 6.18 Å². The van der Waals surface area contributed by atoms with Gasteiger partial charge in [-0.15, -0.1) is 0 Å². The molecule has 2 saturated carbocycles. The number of carbonyl (C=O) groups is 2. The third-order valence-corrected chi connectivity index (χ3v) is 6.90. The number of alkyl halides is 3. The first-order valence-electron chi connectivity index (χ1n) is 10.7. The molecule has 3 fully saturated rings. The Labute approximate surface area is 186 Å². The average Bonchev–Trinajstić information content (AvgIpc) is 3.50. The van der Waals surface area contributed by atoms with Crippen molar-refractivity contribution in [3.8, 4) is 0 Å². The predicted octanol–water partition coefficient (Wildman–Crippen LogP) is 2.94. The Bertz CT molecular complexity index is 1090. The Morgan fingerprint density at radius 2 is 1.97 bits per heavy atom. The number of hydrogen-bond donors (Lipinski definition) is 1. The predicted molar refractivity (Wildman–Crippen MR) is 108 cm³/mol. The highest BCUT2D eigenvalue weighted by Gasteiger charge is 2.39. The van der Waals surface area contributed by atoms with Gasteiger partial charge in [-0.1, -0.05) is 11.6 Å². The van der Waals surface area contributed by atoms with E-state index in [-0.39, 0.29) is 47.8 Å². The monoisotopic (exact) mass is 470 g/mol. The van der Waals surface area contributed by atoms with Crippen LogP contribution in [0.1, 0.15) is 53.2 Å². The van der Waals surface area contributed by atoms with Gasteiger partial charge in [-0.2, -0.15) is 13.2 Å². The molecule has 3 heterocycles. The SMILES string of the molecule is O=C1CN(C(=O)c2nc3c(C(F)(F)F)cc(C4CC4)cn3c2Cl)CCN1CC1CC(O)C1. The minimum absolute atomic E-state index is 0.0561. The van der Waals surface area contributed by atoms with Crippen LogP contribution in [0.15, 0.2) is 12.3 Å². The lowest BCUT2D eigenvalue weighted by atomic mass is 9.82. The van der Waals surface area contributed by atoms with Gasteiger partial charge in [-0.25, -0.2) is 4.98 Å². The number of aliphatic hydroxyl groups excluding tert-OH is 1. The van der Waals surface area contributed by atoms with Crippen LogP contribution in [0.4, 0.5) is 13.2 Å². The highest BCUT2D eigenvalue weighted by molar-refractivity contribution is 6.33. The number of aliphatic hydroxyl groups is 1. The first-order chi connectivity index (χ1) is 15.1. The number of carbonyl (C=O) groups excluding carboxylic acids is 2. The Morgan fingerprint density at radius 1 is 1.25 bits per heavy atom. The average molecular weight is 471 g/mol. The minimum Gasteiger partial charge on any atom is -0.393 e. The van der Waals surface area contributed by atoms with Crippen LogP contribution < -0.4 is 0 Å². The number of hydrogen-bond acceptors (Lipinski definition) is 4. The fraction of sp³-hybridized carbons (Fsp3) is 0.571. The van der Waals surface area contributed by atoms with Crippen molar-refractivity contribution in [1.82, 2.24) is 19.2 Å². The van der Waals surface area contributed by atoms with Crippen molar-refractivity contribution in [3.05, 3.63) is 34.2 Å². The van der Waals surface area contributed by atoms with E-state index in [1.54, 1.807) is 4.90 Å². The first kappa shape index (κ1) is 21.5. The van der Waals surface area contributed by atoms with E-state index in [2.05, 4.69) is 4.98 Å². The summed E-state index contributed by atoms with van der Waals surface area (Å²) in [6, 6.07) is 1.09. The highest BCUT2D eigenvalue weighted by Crippen LogP contribution is 2.43. The van der Waals surface area contributed by atoms with E-state index in [9.17, 15) is 27.9 Å². The van der Waals surface area contributed by atoms with Gasteiger partial charge in [0.1, 0.15) is 11.7 Å². The highest BCUT2D eigenvalue weighted by atomic mass is 35.5. The summed E-state index contributed by atoms with van der Waals surface area (Å²) in [7, 11) is 0. The van der Waals surface area contributed by atoms with Crippen molar-refractivity contribution in [3.63, 3.8) is 0 Å². The molecular formula is C21H22ClF3N4O3. The molecule has 0 aromatic carbocycles. The van der Waals surface area contributed by atoms with Gasteiger partial charge in [0.15, 0.2) is 11.3 Å². The normalized spacial score (nSPS) is 24.2. The number of amides is 2. The van der Waals surface area contributed by atoms with E-state index >= 15 is 0 Å². The molecule has 1 N–H and O–H groups in total. The van der Waals surface area contributed by atoms with E-state index in [0.717, 1.165) is 23.3 Å². The summed E-state index contributed by atoms with van der Waals surface area (Å²) < 4.78 is 42.2. The van der Waals surface area contributed by atoms with Gasteiger partial charge in [-0.05, 0) is 49.1 Å². The lowest BCUT2D eigenvalue weighted by Gasteiger charge is -2.39. The Kier molecular flexibility index (Phi) is 5.12. The minimum atomic E-state index is -4.64. The van der Waals surface area contributed by atoms with E-state index in [1.807, 2.05) is 0 Å². The summed E-state index contributed by atoms with van der Waals surface area (Å²) >= 11 is 6.33. The van der Waals surface area contributed by atoms with Crippen LogP contribution in [0.3, 0.4) is 0 Å².